The zero-order valence-electron chi connectivity index (χ0n) is 15.5. The van der Waals surface area contributed by atoms with Crippen LogP contribution in [0.1, 0.15) is 11.1 Å². The molecule has 6 heteroatoms. The minimum absolute atomic E-state index is 0.451. The fraction of sp³-hybridized carbons (Fsp3) is 0. The van der Waals surface area contributed by atoms with Crippen LogP contribution in [0.3, 0.4) is 0 Å². The van der Waals surface area contributed by atoms with E-state index in [4.69, 9.17) is 0 Å². The molecule has 0 aliphatic carbocycles. The summed E-state index contributed by atoms with van der Waals surface area (Å²) < 4.78 is 0. The van der Waals surface area contributed by atoms with Gasteiger partial charge in [-0.2, -0.15) is 10.5 Å². The minimum Gasteiger partial charge on any atom is -0.192 e. The SMILES string of the molecule is N#Cc1c(C#N)c(-c2cccs2)c(-c2cccs2)c(-c2cccs2)c1-c1cccs1. The van der Waals surface area contributed by atoms with Gasteiger partial charge in [-0.1, -0.05) is 24.3 Å². The second kappa shape index (κ2) is 8.02. The lowest BCUT2D eigenvalue weighted by molar-refractivity contribution is 1.44. The van der Waals surface area contributed by atoms with Crippen LogP contribution in [0.5, 0.6) is 0 Å². The number of benzene rings is 1. The van der Waals surface area contributed by atoms with Crippen LogP contribution in [-0.4, -0.2) is 0 Å². The molecule has 0 saturated carbocycles. The Kier molecular flexibility index (Phi) is 5.08. The summed E-state index contributed by atoms with van der Waals surface area (Å²) in [5, 5.41) is 28.6. The quantitative estimate of drug-likeness (QED) is 0.273. The first-order valence-electron chi connectivity index (χ1n) is 9.03. The first kappa shape index (κ1) is 19.0. The van der Waals surface area contributed by atoms with Crippen molar-refractivity contribution in [2.24, 2.45) is 0 Å². The summed E-state index contributed by atoms with van der Waals surface area (Å²) in [4.78, 5) is 4.20. The number of nitriles is 2. The number of rotatable bonds is 4. The molecule has 0 aliphatic heterocycles. The molecule has 4 heterocycles. The standard InChI is InChI=1S/C24H12N2S4/c25-13-15-16(14-26)22(18-6-2-10-28-18)24(20-8-4-12-30-20)23(19-7-3-11-29-19)21(15)17-5-1-9-27-17/h1-12H. The first-order valence-corrected chi connectivity index (χ1v) is 12.5. The molecule has 2 nitrogen and oxygen atoms in total. The Balaban J connectivity index is 2.07. The molecule has 0 radical (unpaired) electrons. The van der Waals surface area contributed by atoms with E-state index in [9.17, 15) is 10.5 Å². The van der Waals surface area contributed by atoms with E-state index in [0.717, 1.165) is 41.8 Å². The molecule has 0 spiro atoms. The number of nitrogens with zero attached hydrogens (tertiary/aromatic N) is 2. The summed E-state index contributed by atoms with van der Waals surface area (Å²) in [6.45, 7) is 0. The summed E-state index contributed by atoms with van der Waals surface area (Å²) >= 11 is 6.51. The maximum absolute atomic E-state index is 10.2. The van der Waals surface area contributed by atoms with Crippen molar-refractivity contribution in [3.05, 3.63) is 81.2 Å². The van der Waals surface area contributed by atoms with Crippen LogP contribution in [0.15, 0.2) is 70.1 Å². The topological polar surface area (TPSA) is 47.6 Å². The molecular formula is C24H12N2S4. The molecule has 5 rings (SSSR count). The Morgan fingerprint density at radius 3 is 1.00 bits per heavy atom. The molecule has 30 heavy (non-hydrogen) atoms. The van der Waals surface area contributed by atoms with Crippen molar-refractivity contribution >= 4 is 45.3 Å². The third-order valence-corrected chi connectivity index (χ3v) is 8.34. The predicted molar refractivity (Wildman–Crippen MR) is 129 cm³/mol. The van der Waals surface area contributed by atoms with Crippen molar-refractivity contribution in [1.29, 1.82) is 10.5 Å². The van der Waals surface area contributed by atoms with E-state index in [1.54, 1.807) is 45.3 Å². The Labute approximate surface area is 190 Å². The maximum Gasteiger partial charge on any atom is 0.101 e. The van der Waals surface area contributed by atoms with Gasteiger partial charge in [0.2, 0.25) is 0 Å². The van der Waals surface area contributed by atoms with E-state index < -0.39 is 0 Å². The largest absolute Gasteiger partial charge is 0.192 e. The molecule has 0 aliphatic rings. The molecular weight excluding hydrogens is 445 g/mol. The van der Waals surface area contributed by atoms with Crippen LogP contribution in [0, 0.1) is 22.7 Å². The molecule has 0 unspecified atom stereocenters. The molecule has 1 aromatic carbocycles. The highest BCUT2D eigenvalue weighted by molar-refractivity contribution is 7.16. The maximum atomic E-state index is 10.2. The summed E-state index contributed by atoms with van der Waals surface area (Å²) in [7, 11) is 0. The molecule has 5 aromatic rings. The van der Waals surface area contributed by atoms with E-state index in [-0.39, 0.29) is 0 Å². The summed E-state index contributed by atoms with van der Waals surface area (Å²) in [6, 6.07) is 21.1. The van der Waals surface area contributed by atoms with Crippen LogP contribution < -0.4 is 0 Å². The van der Waals surface area contributed by atoms with Crippen molar-refractivity contribution in [3.63, 3.8) is 0 Å². The summed E-state index contributed by atoms with van der Waals surface area (Å²) in [6.07, 6.45) is 0. The van der Waals surface area contributed by atoms with Crippen LogP contribution in [0.25, 0.3) is 41.8 Å². The molecule has 0 fully saturated rings. The lowest BCUT2D eigenvalue weighted by atomic mass is 9.84. The van der Waals surface area contributed by atoms with Gasteiger partial charge < -0.3 is 0 Å². The number of hydrogen-bond donors (Lipinski definition) is 0. The van der Waals surface area contributed by atoms with E-state index in [1.807, 2.05) is 47.2 Å². The fourth-order valence-electron chi connectivity index (χ4n) is 3.64. The summed E-state index contributed by atoms with van der Waals surface area (Å²) in [5.41, 5.74) is 4.69. The van der Waals surface area contributed by atoms with E-state index in [2.05, 4.69) is 35.0 Å². The van der Waals surface area contributed by atoms with Gasteiger partial charge in [0.15, 0.2) is 0 Å². The van der Waals surface area contributed by atoms with Crippen molar-refractivity contribution in [2.75, 3.05) is 0 Å². The van der Waals surface area contributed by atoms with Crippen LogP contribution in [0.2, 0.25) is 0 Å². The fourth-order valence-corrected chi connectivity index (χ4v) is 6.77. The summed E-state index contributed by atoms with van der Waals surface area (Å²) in [5.74, 6) is 0. The van der Waals surface area contributed by atoms with Gasteiger partial charge in [-0.25, -0.2) is 0 Å². The van der Waals surface area contributed by atoms with Crippen LogP contribution in [0.4, 0.5) is 0 Å². The van der Waals surface area contributed by atoms with Crippen LogP contribution >= 0.6 is 45.3 Å². The highest BCUT2D eigenvalue weighted by Gasteiger charge is 2.29. The molecule has 0 bridgehead atoms. The number of thiophene rings is 4. The Morgan fingerprint density at radius 1 is 0.467 bits per heavy atom. The van der Waals surface area contributed by atoms with E-state index in [0.29, 0.717) is 11.1 Å². The Bertz CT molecular complexity index is 1270. The zero-order valence-corrected chi connectivity index (χ0v) is 18.7. The van der Waals surface area contributed by atoms with Crippen molar-refractivity contribution in [2.45, 2.75) is 0 Å². The Hall–Kier alpha value is -3.00. The molecule has 0 saturated heterocycles. The third kappa shape index (κ3) is 3.02. The highest BCUT2D eigenvalue weighted by atomic mass is 32.1. The monoisotopic (exact) mass is 456 g/mol. The van der Waals surface area contributed by atoms with Crippen LogP contribution in [-0.2, 0) is 0 Å². The van der Waals surface area contributed by atoms with Gasteiger partial charge in [-0.15, -0.1) is 45.3 Å². The molecule has 0 N–H and O–H groups in total. The van der Waals surface area contributed by atoms with Crippen molar-refractivity contribution in [1.82, 2.24) is 0 Å². The molecule has 0 atom stereocenters. The van der Waals surface area contributed by atoms with E-state index in [1.165, 1.54) is 0 Å². The van der Waals surface area contributed by atoms with Gasteiger partial charge in [-0.05, 0) is 45.8 Å². The average molecular weight is 457 g/mol. The minimum atomic E-state index is 0.451. The Morgan fingerprint density at radius 2 is 0.767 bits per heavy atom. The predicted octanol–water partition coefficient (Wildman–Crippen LogP) is 8.34. The third-order valence-electron chi connectivity index (χ3n) is 4.79. The molecule has 0 amide bonds. The first-order chi connectivity index (χ1) is 14.8. The van der Waals surface area contributed by atoms with Gasteiger partial charge >= 0.3 is 0 Å². The molecule has 4 aromatic heterocycles. The number of hydrogen-bond acceptors (Lipinski definition) is 6. The molecule has 142 valence electrons. The lowest BCUT2D eigenvalue weighted by Crippen LogP contribution is -1.99. The van der Waals surface area contributed by atoms with Crippen molar-refractivity contribution < 1.29 is 0 Å². The van der Waals surface area contributed by atoms with Gasteiger partial charge in [0, 0.05) is 41.8 Å². The van der Waals surface area contributed by atoms with Crippen molar-refractivity contribution in [3.8, 4) is 53.9 Å². The van der Waals surface area contributed by atoms with Gasteiger partial charge in [0.05, 0.1) is 11.1 Å². The smallest absolute Gasteiger partial charge is 0.101 e. The van der Waals surface area contributed by atoms with Gasteiger partial charge in [0.25, 0.3) is 0 Å². The van der Waals surface area contributed by atoms with E-state index >= 15 is 0 Å². The average Bonchev–Trinajstić information content (AvgIpc) is 3.60. The highest BCUT2D eigenvalue weighted by Crippen LogP contribution is 2.52. The van der Waals surface area contributed by atoms with Gasteiger partial charge in [0.1, 0.15) is 12.1 Å². The second-order valence-electron chi connectivity index (χ2n) is 6.38. The zero-order chi connectivity index (χ0) is 20.5. The second-order valence-corrected chi connectivity index (χ2v) is 10.2. The lowest BCUT2D eigenvalue weighted by Gasteiger charge is -2.20. The van der Waals surface area contributed by atoms with Gasteiger partial charge in [-0.3, -0.25) is 0 Å². The normalized spacial score (nSPS) is 10.6.